The van der Waals surface area contributed by atoms with Gasteiger partial charge in [-0.25, -0.2) is 9.50 Å². The van der Waals surface area contributed by atoms with Gasteiger partial charge < -0.3 is 0 Å². The molecule has 0 atom stereocenters. The van der Waals surface area contributed by atoms with E-state index in [1.807, 2.05) is 36.5 Å². The lowest BCUT2D eigenvalue weighted by Crippen LogP contribution is -1.97. The van der Waals surface area contributed by atoms with Gasteiger partial charge >= 0.3 is 0 Å². The van der Waals surface area contributed by atoms with E-state index in [1.165, 1.54) is 5.56 Å². The van der Waals surface area contributed by atoms with Crippen LogP contribution in [0.15, 0.2) is 54.9 Å². The van der Waals surface area contributed by atoms with E-state index in [4.69, 9.17) is 0 Å². The van der Waals surface area contributed by atoms with Crippen molar-refractivity contribution in [1.29, 1.82) is 0 Å². The number of hydrogen-bond acceptors (Lipinski definition) is 2. The topological polar surface area (TPSA) is 30.2 Å². The first-order valence-electron chi connectivity index (χ1n) is 5.25. The molecule has 0 aliphatic carbocycles. The number of benzene rings is 1. The third-order valence-corrected chi connectivity index (χ3v) is 2.54. The molecule has 16 heavy (non-hydrogen) atoms. The number of imidazole rings is 1. The molecule has 0 unspecified atom stereocenters. The van der Waals surface area contributed by atoms with Gasteiger partial charge in [-0.1, -0.05) is 30.3 Å². The summed E-state index contributed by atoms with van der Waals surface area (Å²) < 4.78 is 1.80. The van der Waals surface area contributed by atoms with Gasteiger partial charge in [0.05, 0.1) is 5.69 Å². The molecule has 3 heteroatoms. The highest BCUT2D eigenvalue weighted by molar-refractivity contribution is 5.37. The maximum atomic E-state index is 4.48. The van der Waals surface area contributed by atoms with Crippen LogP contribution in [0.1, 0.15) is 11.3 Å². The normalized spacial score (nSPS) is 10.8. The minimum absolute atomic E-state index is 0.856. The molecule has 3 rings (SSSR count). The average molecular weight is 209 g/mol. The van der Waals surface area contributed by atoms with Crippen LogP contribution >= 0.6 is 0 Å². The number of nitrogens with zero attached hydrogens (tertiary/aromatic N) is 3. The van der Waals surface area contributed by atoms with Crippen molar-refractivity contribution in [3.05, 3.63) is 66.1 Å². The summed E-state index contributed by atoms with van der Waals surface area (Å²) in [6.45, 7) is 0. The number of hydrogen-bond donors (Lipinski definition) is 0. The first-order valence-corrected chi connectivity index (χ1v) is 5.25. The van der Waals surface area contributed by atoms with Crippen LogP contribution in [0.5, 0.6) is 0 Å². The summed E-state index contributed by atoms with van der Waals surface area (Å²) in [6.07, 6.45) is 4.48. The fraction of sp³-hybridized carbons (Fsp3) is 0.0769. The van der Waals surface area contributed by atoms with Crippen molar-refractivity contribution in [3.8, 4) is 0 Å². The Hall–Kier alpha value is -2.16. The zero-order valence-corrected chi connectivity index (χ0v) is 8.74. The summed E-state index contributed by atoms with van der Waals surface area (Å²) in [7, 11) is 0. The molecule has 0 N–H and O–H groups in total. The van der Waals surface area contributed by atoms with Crippen molar-refractivity contribution < 1.29 is 0 Å². The van der Waals surface area contributed by atoms with Gasteiger partial charge in [-0.3, -0.25) is 0 Å². The molecule has 0 amide bonds. The largest absolute Gasteiger partial charge is 0.236 e. The zero-order chi connectivity index (χ0) is 10.8. The lowest BCUT2D eigenvalue weighted by Gasteiger charge is -2.01. The molecule has 0 aliphatic rings. The van der Waals surface area contributed by atoms with E-state index in [-0.39, 0.29) is 0 Å². The predicted molar refractivity (Wildman–Crippen MR) is 62.2 cm³/mol. The smallest absolute Gasteiger partial charge is 0.153 e. The summed E-state index contributed by atoms with van der Waals surface area (Å²) in [5.74, 6) is 0. The van der Waals surface area contributed by atoms with Crippen LogP contribution in [0.25, 0.3) is 5.65 Å². The Bertz CT molecular complexity index is 599. The average Bonchev–Trinajstić information content (AvgIpc) is 2.77. The second kappa shape index (κ2) is 3.77. The van der Waals surface area contributed by atoms with E-state index in [0.29, 0.717) is 0 Å². The van der Waals surface area contributed by atoms with Crippen molar-refractivity contribution in [1.82, 2.24) is 14.6 Å². The molecule has 0 saturated carbocycles. The molecule has 3 nitrogen and oxygen atoms in total. The second-order valence-electron chi connectivity index (χ2n) is 3.72. The quantitative estimate of drug-likeness (QED) is 0.648. The molecular formula is C13H11N3. The first-order chi connectivity index (χ1) is 7.92. The van der Waals surface area contributed by atoms with E-state index in [0.717, 1.165) is 17.8 Å². The molecule has 0 spiro atoms. The molecule has 0 bridgehead atoms. The van der Waals surface area contributed by atoms with Gasteiger partial charge in [0.2, 0.25) is 0 Å². The minimum atomic E-state index is 0.856. The van der Waals surface area contributed by atoms with Crippen molar-refractivity contribution in [2.24, 2.45) is 0 Å². The lowest BCUT2D eigenvalue weighted by atomic mass is 10.1. The number of rotatable bonds is 2. The molecule has 0 radical (unpaired) electrons. The summed E-state index contributed by atoms with van der Waals surface area (Å²) in [5, 5.41) is 4.48. The Kier molecular flexibility index (Phi) is 2.14. The van der Waals surface area contributed by atoms with Gasteiger partial charge in [-0.05, 0) is 17.7 Å². The maximum Gasteiger partial charge on any atom is 0.153 e. The van der Waals surface area contributed by atoms with Crippen LogP contribution in [0.2, 0.25) is 0 Å². The van der Waals surface area contributed by atoms with Crippen LogP contribution in [0.3, 0.4) is 0 Å². The molecule has 0 fully saturated rings. The second-order valence-corrected chi connectivity index (χ2v) is 3.72. The van der Waals surface area contributed by atoms with E-state index in [2.05, 4.69) is 22.2 Å². The monoisotopic (exact) mass is 209 g/mol. The number of fused-ring (bicyclic) bond motifs is 1. The van der Waals surface area contributed by atoms with Crippen molar-refractivity contribution in [3.63, 3.8) is 0 Å². The number of aromatic nitrogens is 3. The summed E-state index contributed by atoms with van der Waals surface area (Å²) in [6, 6.07) is 14.4. The highest BCUT2D eigenvalue weighted by Crippen LogP contribution is 2.07. The van der Waals surface area contributed by atoms with E-state index >= 15 is 0 Å². The summed E-state index contributed by atoms with van der Waals surface area (Å²) in [4.78, 5) is 4.17. The van der Waals surface area contributed by atoms with Gasteiger partial charge in [0, 0.05) is 18.8 Å². The van der Waals surface area contributed by atoms with E-state index in [1.54, 1.807) is 10.7 Å². The Balaban J connectivity index is 1.94. The van der Waals surface area contributed by atoms with Crippen LogP contribution < -0.4 is 0 Å². The zero-order valence-electron chi connectivity index (χ0n) is 8.74. The van der Waals surface area contributed by atoms with Crippen LogP contribution in [-0.2, 0) is 6.42 Å². The summed E-state index contributed by atoms with van der Waals surface area (Å²) in [5.41, 5.74) is 3.21. The fourth-order valence-electron chi connectivity index (χ4n) is 1.75. The maximum absolute atomic E-state index is 4.48. The molecule has 0 saturated heterocycles. The van der Waals surface area contributed by atoms with Gasteiger partial charge in [0.1, 0.15) is 0 Å². The molecule has 78 valence electrons. The van der Waals surface area contributed by atoms with Crippen molar-refractivity contribution in [2.45, 2.75) is 6.42 Å². The standard InChI is InChI=1S/C13H11N3/c1-2-4-11(5-3-1)10-12-6-7-13-14-8-9-16(13)15-12/h1-9H,10H2. The van der Waals surface area contributed by atoms with Crippen LogP contribution in [0, 0.1) is 0 Å². The molecule has 1 aromatic carbocycles. The third kappa shape index (κ3) is 1.67. The fourth-order valence-corrected chi connectivity index (χ4v) is 1.75. The SMILES string of the molecule is c1ccc(Cc2ccc3nccn3n2)cc1. The molecule has 2 heterocycles. The van der Waals surface area contributed by atoms with Crippen LogP contribution in [-0.4, -0.2) is 14.6 Å². The summed E-state index contributed by atoms with van der Waals surface area (Å²) >= 11 is 0. The highest BCUT2D eigenvalue weighted by atomic mass is 15.2. The van der Waals surface area contributed by atoms with E-state index < -0.39 is 0 Å². The Morgan fingerprint density at radius 2 is 1.88 bits per heavy atom. The third-order valence-electron chi connectivity index (χ3n) is 2.54. The lowest BCUT2D eigenvalue weighted by molar-refractivity contribution is 0.874. The highest BCUT2D eigenvalue weighted by Gasteiger charge is 1.99. The van der Waals surface area contributed by atoms with E-state index in [9.17, 15) is 0 Å². The minimum Gasteiger partial charge on any atom is -0.236 e. The van der Waals surface area contributed by atoms with Crippen LogP contribution in [0.4, 0.5) is 0 Å². The predicted octanol–water partition coefficient (Wildman–Crippen LogP) is 2.32. The van der Waals surface area contributed by atoms with Gasteiger partial charge in [0.25, 0.3) is 0 Å². The van der Waals surface area contributed by atoms with Gasteiger partial charge in [-0.15, -0.1) is 0 Å². The first kappa shape index (κ1) is 9.09. The Morgan fingerprint density at radius 3 is 2.75 bits per heavy atom. The Labute approximate surface area is 93.4 Å². The molecule has 0 aliphatic heterocycles. The molecular weight excluding hydrogens is 198 g/mol. The van der Waals surface area contributed by atoms with Gasteiger partial charge in [0.15, 0.2) is 5.65 Å². The Morgan fingerprint density at radius 1 is 1.00 bits per heavy atom. The van der Waals surface area contributed by atoms with Crippen molar-refractivity contribution in [2.75, 3.05) is 0 Å². The molecule has 2 aromatic heterocycles. The molecule has 3 aromatic rings. The van der Waals surface area contributed by atoms with Gasteiger partial charge in [-0.2, -0.15) is 5.10 Å². The van der Waals surface area contributed by atoms with Crippen molar-refractivity contribution >= 4 is 5.65 Å².